The van der Waals surface area contributed by atoms with Gasteiger partial charge in [0.05, 0.1) is 28.3 Å². The number of hydrogen-bond donors (Lipinski definition) is 2. The van der Waals surface area contributed by atoms with Crippen LogP contribution in [0.1, 0.15) is 5.82 Å². The van der Waals surface area contributed by atoms with Crippen molar-refractivity contribution in [3.63, 3.8) is 0 Å². The molecule has 6 nitrogen and oxygen atoms in total. The molecule has 0 amide bonds. The SMILES string of the molecule is Cc1nc(-c2ccccc2)c(-c2cc3c(N)ncnc3s2)n1CCO. The molecule has 1 aromatic carbocycles. The van der Waals surface area contributed by atoms with E-state index in [0.29, 0.717) is 12.4 Å². The molecular weight excluding hydrogens is 334 g/mol. The lowest BCUT2D eigenvalue weighted by Crippen LogP contribution is -2.05. The molecule has 0 fully saturated rings. The molecule has 0 saturated heterocycles. The van der Waals surface area contributed by atoms with Crippen LogP contribution in [0.25, 0.3) is 32.0 Å². The first-order valence-electron chi connectivity index (χ1n) is 7.93. The number of hydrogen-bond acceptors (Lipinski definition) is 6. The van der Waals surface area contributed by atoms with Gasteiger partial charge in [0.25, 0.3) is 0 Å². The van der Waals surface area contributed by atoms with Crippen molar-refractivity contribution in [2.45, 2.75) is 13.5 Å². The standard InChI is InChI=1S/C18H17N5OS/c1-11-22-15(12-5-3-2-4-6-12)16(23(11)7-8-24)14-9-13-17(19)20-10-21-18(13)25-14/h2-6,9-10,24H,7-8H2,1H3,(H2,19,20,21). The predicted octanol–water partition coefficient (Wildman–Crippen LogP) is 3.10. The topological polar surface area (TPSA) is 89.9 Å². The van der Waals surface area contributed by atoms with Gasteiger partial charge in [0.1, 0.15) is 22.8 Å². The highest BCUT2D eigenvalue weighted by atomic mass is 32.1. The zero-order valence-corrected chi connectivity index (χ0v) is 14.5. The molecule has 0 unspecified atom stereocenters. The first-order valence-corrected chi connectivity index (χ1v) is 8.74. The van der Waals surface area contributed by atoms with Gasteiger partial charge in [-0.3, -0.25) is 0 Å². The Labute approximate surface area is 148 Å². The Morgan fingerprint density at radius 1 is 1.20 bits per heavy atom. The van der Waals surface area contributed by atoms with Crippen molar-refractivity contribution in [1.29, 1.82) is 0 Å². The minimum Gasteiger partial charge on any atom is -0.395 e. The molecule has 4 aromatic rings. The van der Waals surface area contributed by atoms with Crippen molar-refractivity contribution in [1.82, 2.24) is 19.5 Å². The Morgan fingerprint density at radius 2 is 2.00 bits per heavy atom. The van der Waals surface area contributed by atoms with Crippen LogP contribution in [0, 0.1) is 6.92 Å². The molecule has 126 valence electrons. The molecule has 0 saturated carbocycles. The van der Waals surface area contributed by atoms with Crippen LogP contribution in [-0.4, -0.2) is 31.2 Å². The number of benzene rings is 1. The summed E-state index contributed by atoms with van der Waals surface area (Å²) < 4.78 is 2.04. The fraction of sp³-hybridized carbons (Fsp3) is 0.167. The molecule has 4 rings (SSSR count). The number of aryl methyl sites for hydroxylation is 1. The Kier molecular flexibility index (Phi) is 3.95. The zero-order valence-electron chi connectivity index (χ0n) is 13.7. The molecule has 3 heterocycles. The third-order valence-corrected chi connectivity index (χ3v) is 5.17. The minimum absolute atomic E-state index is 0.0469. The quantitative estimate of drug-likeness (QED) is 0.590. The molecule has 25 heavy (non-hydrogen) atoms. The normalized spacial score (nSPS) is 11.3. The predicted molar refractivity (Wildman–Crippen MR) is 100 cm³/mol. The van der Waals surface area contributed by atoms with Crippen LogP contribution >= 0.6 is 11.3 Å². The van der Waals surface area contributed by atoms with Gasteiger partial charge in [0.2, 0.25) is 0 Å². The molecule has 0 atom stereocenters. The fourth-order valence-electron chi connectivity index (χ4n) is 2.98. The second kappa shape index (κ2) is 6.27. The molecule has 3 aromatic heterocycles. The molecule has 7 heteroatoms. The molecule has 0 bridgehead atoms. The first kappa shape index (κ1) is 15.7. The second-order valence-electron chi connectivity index (χ2n) is 5.69. The van der Waals surface area contributed by atoms with E-state index in [1.54, 1.807) is 11.3 Å². The van der Waals surface area contributed by atoms with Gasteiger partial charge < -0.3 is 15.4 Å². The van der Waals surface area contributed by atoms with E-state index in [9.17, 15) is 5.11 Å². The van der Waals surface area contributed by atoms with E-state index in [1.807, 2.05) is 47.9 Å². The lowest BCUT2D eigenvalue weighted by atomic mass is 10.1. The van der Waals surface area contributed by atoms with Crippen molar-refractivity contribution in [2.75, 3.05) is 12.3 Å². The number of aliphatic hydroxyl groups is 1. The van der Waals surface area contributed by atoms with Gasteiger partial charge in [0, 0.05) is 12.1 Å². The largest absolute Gasteiger partial charge is 0.395 e. The molecular formula is C18H17N5OS. The molecule has 0 aliphatic rings. The number of nitrogens with two attached hydrogens (primary N) is 1. The molecule has 0 spiro atoms. The fourth-order valence-corrected chi connectivity index (χ4v) is 4.04. The maximum Gasteiger partial charge on any atom is 0.135 e. The summed E-state index contributed by atoms with van der Waals surface area (Å²) in [6.07, 6.45) is 1.48. The molecule has 0 aliphatic heterocycles. The number of aliphatic hydroxyl groups excluding tert-OH is 1. The maximum atomic E-state index is 9.49. The van der Waals surface area contributed by atoms with Gasteiger partial charge >= 0.3 is 0 Å². The summed E-state index contributed by atoms with van der Waals surface area (Å²) in [4.78, 5) is 15.0. The van der Waals surface area contributed by atoms with E-state index in [1.165, 1.54) is 6.33 Å². The number of nitrogen functional groups attached to an aromatic ring is 1. The monoisotopic (exact) mass is 351 g/mol. The van der Waals surface area contributed by atoms with E-state index in [0.717, 1.165) is 37.9 Å². The van der Waals surface area contributed by atoms with E-state index >= 15 is 0 Å². The van der Waals surface area contributed by atoms with Crippen LogP contribution < -0.4 is 5.73 Å². The average Bonchev–Trinajstić information content (AvgIpc) is 3.19. The number of aromatic nitrogens is 4. The first-order chi connectivity index (χ1) is 12.2. The molecule has 0 aliphatic carbocycles. The van der Waals surface area contributed by atoms with Crippen LogP contribution in [0.15, 0.2) is 42.7 Å². The van der Waals surface area contributed by atoms with Crippen molar-refractivity contribution in [2.24, 2.45) is 0 Å². The Balaban J connectivity index is 1.99. The van der Waals surface area contributed by atoms with Gasteiger partial charge in [-0.25, -0.2) is 15.0 Å². The highest BCUT2D eigenvalue weighted by Crippen LogP contribution is 2.39. The number of fused-ring (bicyclic) bond motifs is 1. The maximum absolute atomic E-state index is 9.49. The van der Waals surface area contributed by atoms with Crippen LogP contribution in [0.3, 0.4) is 0 Å². The van der Waals surface area contributed by atoms with Crippen molar-refractivity contribution >= 4 is 27.4 Å². The van der Waals surface area contributed by atoms with Gasteiger partial charge in [-0.2, -0.15) is 0 Å². The van der Waals surface area contributed by atoms with Gasteiger partial charge in [-0.05, 0) is 13.0 Å². The van der Waals surface area contributed by atoms with E-state index in [2.05, 4.69) is 9.97 Å². The minimum atomic E-state index is 0.0469. The average molecular weight is 351 g/mol. The Morgan fingerprint density at radius 3 is 2.72 bits per heavy atom. The van der Waals surface area contributed by atoms with Crippen molar-refractivity contribution < 1.29 is 5.11 Å². The van der Waals surface area contributed by atoms with E-state index in [-0.39, 0.29) is 6.61 Å². The lowest BCUT2D eigenvalue weighted by Gasteiger charge is -2.08. The second-order valence-corrected chi connectivity index (χ2v) is 6.72. The van der Waals surface area contributed by atoms with Crippen LogP contribution in [0.5, 0.6) is 0 Å². The Bertz CT molecular complexity index is 1040. The number of thiophene rings is 1. The number of anilines is 1. The Hall–Kier alpha value is -2.77. The lowest BCUT2D eigenvalue weighted by molar-refractivity contribution is 0.275. The summed E-state index contributed by atoms with van der Waals surface area (Å²) in [5.74, 6) is 1.33. The zero-order chi connectivity index (χ0) is 17.4. The highest BCUT2D eigenvalue weighted by molar-refractivity contribution is 7.21. The smallest absolute Gasteiger partial charge is 0.135 e. The van der Waals surface area contributed by atoms with Crippen LogP contribution in [0.4, 0.5) is 5.82 Å². The van der Waals surface area contributed by atoms with Gasteiger partial charge in [0.15, 0.2) is 0 Å². The van der Waals surface area contributed by atoms with Crippen molar-refractivity contribution in [3.8, 4) is 21.8 Å². The molecule has 3 N–H and O–H groups in total. The third kappa shape index (κ3) is 2.67. The summed E-state index contributed by atoms with van der Waals surface area (Å²) in [6.45, 7) is 2.48. The molecule has 0 radical (unpaired) electrons. The van der Waals surface area contributed by atoms with E-state index < -0.39 is 0 Å². The van der Waals surface area contributed by atoms with Crippen molar-refractivity contribution in [3.05, 3.63) is 48.5 Å². The summed E-state index contributed by atoms with van der Waals surface area (Å²) in [6, 6.07) is 12.1. The summed E-state index contributed by atoms with van der Waals surface area (Å²) in [5.41, 5.74) is 8.89. The number of nitrogens with zero attached hydrogens (tertiary/aromatic N) is 4. The summed E-state index contributed by atoms with van der Waals surface area (Å²) >= 11 is 1.55. The highest BCUT2D eigenvalue weighted by Gasteiger charge is 2.20. The van der Waals surface area contributed by atoms with Gasteiger partial charge in [-0.1, -0.05) is 30.3 Å². The van der Waals surface area contributed by atoms with E-state index in [4.69, 9.17) is 10.7 Å². The van der Waals surface area contributed by atoms with Gasteiger partial charge in [-0.15, -0.1) is 11.3 Å². The summed E-state index contributed by atoms with van der Waals surface area (Å²) in [5, 5.41) is 10.3. The number of imidazole rings is 1. The third-order valence-electron chi connectivity index (χ3n) is 4.12. The summed E-state index contributed by atoms with van der Waals surface area (Å²) in [7, 11) is 0. The van der Waals surface area contributed by atoms with Crippen LogP contribution in [0.2, 0.25) is 0 Å². The van der Waals surface area contributed by atoms with Crippen LogP contribution in [-0.2, 0) is 6.54 Å². The number of rotatable bonds is 4.